The monoisotopic (exact) mass is 297 g/mol. The zero-order chi connectivity index (χ0) is 16.0. The molecule has 0 saturated carbocycles. The van der Waals surface area contributed by atoms with E-state index in [0.29, 0.717) is 12.2 Å². The van der Waals surface area contributed by atoms with Crippen LogP contribution in [-0.2, 0) is 11.2 Å². The van der Waals surface area contributed by atoms with Gasteiger partial charge in [0.1, 0.15) is 5.75 Å². The molecule has 116 valence electrons. The van der Waals surface area contributed by atoms with Crippen molar-refractivity contribution in [3.8, 4) is 5.75 Å². The number of carbonyl (C=O) groups is 1. The summed E-state index contributed by atoms with van der Waals surface area (Å²) < 4.78 is 5.83. The molecule has 3 heteroatoms. The van der Waals surface area contributed by atoms with Crippen molar-refractivity contribution >= 4 is 5.91 Å². The summed E-state index contributed by atoms with van der Waals surface area (Å²) in [5, 5.41) is 0. The van der Waals surface area contributed by atoms with E-state index >= 15 is 0 Å². The van der Waals surface area contributed by atoms with Gasteiger partial charge in [-0.05, 0) is 43.0 Å². The van der Waals surface area contributed by atoms with Crippen LogP contribution in [0.4, 0.5) is 0 Å². The third kappa shape index (κ3) is 4.10. The van der Waals surface area contributed by atoms with Crippen molar-refractivity contribution in [1.82, 2.24) is 0 Å². The molecule has 0 aliphatic carbocycles. The van der Waals surface area contributed by atoms with Gasteiger partial charge < -0.3 is 10.5 Å². The van der Waals surface area contributed by atoms with Gasteiger partial charge in [0.25, 0.3) is 5.91 Å². The minimum atomic E-state index is -0.949. The normalized spacial score (nSPS) is 13.4. The standard InChI is InChI=1S/C19H23NO2/c1-3-13-19(2,18(20)21)22-17-11-9-16(10-12-17)14-15-7-5-4-6-8-15/h4-12H,3,13-14H2,1-2H3,(H2,20,21). The maximum Gasteiger partial charge on any atom is 0.261 e. The summed E-state index contributed by atoms with van der Waals surface area (Å²) in [6.45, 7) is 3.75. The van der Waals surface area contributed by atoms with Crippen LogP contribution in [0, 0.1) is 0 Å². The zero-order valence-corrected chi connectivity index (χ0v) is 13.2. The molecule has 1 atom stereocenters. The molecule has 0 spiro atoms. The molecule has 0 saturated heterocycles. The molecule has 1 amide bonds. The molecule has 2 N–H and O–H groups in total. The summed E-state index contributed by atoms with van der Waals surface area (Å²) >= 11 is 0. The number of ether oxygens (including phenoxy) is 1. The highest BCUT2D eigenvalue weighted by Crippen LogP contribution is 2.23. The molecule has 0 bridgehead atoms. The number of amides is 1. The number of benzene rings is 2. The summed E-state index contributed by atoms with van der Waals surface area (Å²) in [7, 11) is 0. The highest BCUT2D eigenvalue weighted by Gasteiger charge is 2.32. The van der Waals surface area contributed by atoms with E-state index in [-0.39, 0.29) is 0 Å². The first-order valence-electron chi connectivity index (χ1n) is 7.65. The summed E-state index contributed by atoms with van der Waals surface area (Å²) in [6.07, 6.45) is 2.32. The Hall–Kier alpha value is -2.29. The molecule has 3 nitrogen and oxygen atoms in total. The first-order chi connectivity index (χ1) is 10.5. The number of carbonyl (C=O) groups excluding carboxylic acids is 1. The summed E-state index contributed by atoms with van der Waals surface area (Å²) in [4.78, 5) is 11.6. The molecule has 0 radical (unpaired) electrons. The molecule has 0 aromatic heterocycles. The molecule has 2 rings (SSSR count). The van der Waals surface area contributed by atoms with Crippen molar-refractivity contribution in [2.45, 2.75) is 38.7 Å². The number of hydrogen-bond donors (Lipinski definition) is 1. The summed E-state index contributed by atoms with van der Waals surface area (Å²) in [6, 6.07) is 18.1. The smallest absolute Gasteiger partial charge is 0.261 e. The lowest BCUT2D eigenvalue weighted by Crippen LogP contribution is -2.46. The third-order valence-electron chi connectivity index (χ3n) is 3.77. The van der Waals surface area contributed by atoms with Gasteiger partial charge >= 0.3 is 0 Å². The topological polar surface area (TPSA) is 52.3 Å². The predicted molar refractivity (Wildman–Crippen MR) is 88.8 cm³/mol. The number of nitrogens with two attached hydrogens (primary N) is 1. The maximum absolute atomic E-state index is 11.6. The van der Waals surface area contributed by atoms with Gasteiger partial charge in [0.2, 0.25) is 0 Å². The van der Waals surface area contributed by atoms with Crippen molar-refractivity contribution in [2.24, 2.45) is 5.73 Å². The van der Waals surface area contributed by atoms with E-state index in [1.165, 1.54) is 11.1 Å². The lowest BCUT2D eigenvalue weighted by Gasteiger charge is -2.27. The van der Waals surface area contributed by atoms with Crippen LogP contribution in [0.1, 0.15) is 37.8 Å². The Morgan fingerprint density at radius 2 is 1.64 bits per heavy atom. The second-order valence-electron chi connectivity index (χ2n) is 5.75. The van der Waals surface area contributed by atoms with E-state index in [1.807, 2.05) is 49.4 Å². The molecule has 1 unspecified atom stereocenters. The number of rotatable bonds is 7. The van der Waals surface area contributed by atoms with Gasteiger partial charge in [0.15, 0.2) is 5.60 Å². The van der Waals surface area contributed by atoms with Crippen molar-refractivity contribution < 1.29 is 9.53 Å². The van der Waals surface area contributed by atoms with Gasteiger partial charge in [-0.3, -0.25) is 4.79 Å². The first-order valence-corrected chi connectivity index (χ1v) is 7.65. The van der Waals surface area contributed by atoms with Crippen LogP contribution < -0.4 is 10.5 Å². The molecule has 0 aliphatic rings. The van der Waals surface area contributed by atoms with Crippen molar-refractivity contribution in [3.63, 3.8) is 0 Å². The Labute approximate surface area is 132 Å². The Kier molecular flexibility index (Phi) is 5.21. The number of hydrogen-bond acceptors (Lipinski definition) is 2. The van der Waals surface area contributed by atoms with Crippen molar-refractivity contribution in [1.29, 1.82) is 0 Å². The second-order valence-corrected chi connectivity index (χ2v) is 5.75. The first kappa shape index (κ1) is 16.1. The quantitative estimate of drug-likeness (QED) is 0.847. The molecule has 0 aliphatic heterocycles. The zero-order valence-electron chi connectivity index (χ0n) is 13.2. The van der Waals surface area contributed by atoms with Crippen molar-refractivity contribution in [3.05, 3.63) is 65.7 Å². The summed E-state index contributed by atoms with van der Waals surface area (Å²) in [5.74, 6) is 0.245. The van der Waals surface area contributed by atoms with Crippen LogP contribution >= 0.6 is 0 Å². The molecule has 0 heterocycles. The fraction of sp³-hybridized carbons (Fsp3) is 0.316. The highest BCUT2D eigenvalue weighted by molar-refractivity contribution is 5.83. The van der Waals surface area contributed by atoms with E-state index in [4.69, 9.17) is 10.5 Å². The van der Waals surface area contributed by atoms with Crippen LogP contribution in [0.3, 0.4) is 0 Å². The lowest BCUT2D eigenvalue weighted by molar-refractivity contribution is -0.132. The van der Waals surface area contributed by atoms with E-state index in [1.54, 1.807) is 6.92 Å². The Balaban J connectivity index is 2.07. The van der Waals surface area contributed by atoms with Crippen LogP contribution in [0.5, 0.6) is 5.75 Å². The van der Waals surface area contributed by atoms with Gasteiger partial charge in [0.05, 0.1) is 0 Å². The number of primary amides is 1. The molecule has 0 fully saturated rings. The Morgan fingerprint density at radius 1 is 1.05 bits per heavy atom. The largest absolute Gasteiger partial charge is 0.478 e. The van der Waals surface area contributed by atoms with Gasteiger partial charge in [-0.1, -0.05) is 55.8 Å². The summed E-state index contributed by atoms with van der Waals surface area (Å²) in [5.41, 5.74) is 7.00. The Morgan fingerprint density at radius 3 is 2.18 bits per heavy atom. The van der Waals surface area contributed by atoms with Gasteiger partial charge in [-0.25, -0.2) is 0 Å². The average molecular weight is 297 g/mol. The molecular formula is C19H23NO2. The lowest BCUT2D eigenvalue weighted by atomic mass is 9.99. The molecular weight excluding hydrogens is 274 g/mol. The minimum Gasteiger partial charge on any atom is -0.478 e. The van der Waals surface area contributed by atoms with Gasteiger partial charge in [-0.2, -0.15) is 0 Å². The van der Waals surface area contributed by atoms with Crippen LogP contribution in [0.25, 0.3) is 0 Å². The predicted octanol–water partition coefficient (Wildman–Crippen LogP) is 3.70. The molecule has 2 aromatic carbocycles. The fourth-order valence-electron chi connectivity index (χ4n) is 2.47. The third-order valence-corrected chi connectivity index (χ3v) is 3.77. The van der Waals surface area contributed by atoms with Crippen LogP contribution in [0.15, 0.2) is 54.6 Å². The minimum absolute atomic E-state index is 0.428. The SMILES string of the molecule is CCCC(C)(Oc1ccc(Cc2ccccc2)cc1)C(N)=O. The fourth-order valence-corrected chi connectivity index (χ4v) is 2.47. The van der Waals surface area contributed by atoms with E-state index in [2.05, 4.69) is 12.1 Å². The Bertz CT molecular complexity index is 607. The van der Waals surface area contributed by atoms with Crippen molar-refractivity contribution in [2.75, 3.05) is 0 Å². The molecule has 2 aromatic rings. The molecule has 22 heavy (non-hydrogen) atoms. The highest BCUT2D eigenvalue weighted by atomic mass is 16.5. The second kappa shape index (κ2) is 7.12. The average Bonchev–Trinajstić information content (AvgIpc) is 2.50. The maximum atomic E-state index is 11.6. The van der Waals surface area contributed by atoms with Gasteiger partial charge in [-0.15, -0.1) is 0 Å². The van der Waals surface area contributed by atoms with E-state index in [0.717, 1.165) is 12.8 Å². The van der Waals surface area contributed by atoms with E-state index in [9.17, 15) is 4.79 Å². The van der Waals surface area contributed by atoms with E-state index < -0.39 is 11.5 Å². The van der Waals surface area contributed by atoms with Crippen LogP contribution in [-0.4, -0.2) is 11.5 Å². The van der Waals surface area contributed by atoms with Gasteiger partial charge in [0, 0.05) is 0 Å². The van der Waals surface area contributed by atoms with Crippen LogP contribution in [0.2, 0.25) is 0 Å².